The van der Waals surface area contributed by atoms with Gasteiger partial charge in [-0.3, -0.25) is 9.59 Å². The van der Waals surface area contributed by atoms with Crippen molar-refractivity contribution < 1.29 is 9.18 Å². The Kier molecular flexibility index (Phi) is 3.76. The van der Waals surface area contributed by atoms with E-state index < -0.39 is 5.56 Å². The Balaban J connectivity index is 1.56. The van der Waals surface area contributed by atoms with E-state index in [2.05, 4.69) is 10.2 Å². The molecule has 0 unspecified atom stereocenters. The second kappa shape index (κ2) is 5.84. The summed E-state index contributed by atoms with van der Waals surface area (Å²) in [5, 5.41) is 6.06. The molecular weight excluding hydrogens is 347 g/mol. The number of carbonyl (C=O) groups is 1. The zero-order chi connectivity index (χ0) is 17.6. The van der Waals surface area contributed by atoms with Crippen LogP contribution in [0.5, 0.6) is 0 Å². The molecular formula is C17H16ClFN4O2. The number of anilines is 1. The summed E-state index contributed by atoms with van der Waals surface area (Å²) in [5.41, 5.74) is 0.628. The number of benzene rings is 1. The molecule has 1 aromatic carbocycles. The maximum absolute atomic E-state index is 13.2. The predicted molar refractivity (Wildman–Crippen MR) is 91.1 cm³/mol. The fourth-order valence-electron chi connectivity index (χ4n) is 3.52. The van der Waals surface area contributed by atoms with Gasteiger partial charge in [0, 0.05) is 13.1 Å². The summed E-state index contributed by atoms with van der Waals surface area (Å²) < 4.78 is 13.2. The molecule has 0 radical (unpaired) electrons. The zero-order valence-corrected chi connectivity index (χ0v) is 14.1. The molecule has 1 saturated carbocycles. The summed E-state index contributed by atoms with van der Waals surface area (Å²) in [5.74, 6) is -0.323. The molecule has 1 aliphatic carbocycles. The minimum atomic E-state index is -0.473. The first-order valence-electron chi connectivity index (χ1n) is 8.06. The SMILES string of the molecule is O=C1CN(c2cn[nH]c(=O)c2Cl)CCN1C1(c2ccc(F)cc2)CC1. The van der Waals surface area contributed by atoms with Crippen LogP contribution in [-0.4, -0.2) is 40.6 Å². The van der Waals surface area contributed by atoms with Gasteiger partial charge in [-0.25, -0.2) is 9.49 Å². The minimum Gasteiger partial charge on any atom is -0.358 e. The molecule has 1 saturated heterocycles. The maximum atomic E-state index is 13.2. The summed E-state index contributed by atoms with van der Waals surface area (Å²) in [7, 11) is 0. The first-order chi connectivity index (χ1) is 12.0. The molecule has 130 valence electrons. The zero-order valence-electron chi connectivity index (χ0n) is 13.3. The van der Waals surface area contributed by atoms with Gasteiger partial charge in [-0.1, -0.05) is 23.7 Å². The second-order valence-corrected chi connectivity index (χ2v) is 6.78. The summed E-state index contributed by atoms with van der Waals surface area (Å²) >= 11 is 6.04. The Bertz CT molecular complexity index is 879. The Morgan fingerprint density at radius 1 is 1.16 bits per heavy atom. The lowest BCUT2D eigenvalue weighted by Crippen LogP contribution is -2.54. The molecule has 4 rings (SSSR count). The summed E-state index contributed by atoms with van der Waals surface area (Å²) in [4.78, 5) is 28.0. The van der Waals surface area contributed by atoms with E-state index in [0.29, 0.717) is 18.8 Å². The molecule has 1 aliphatic heterocycles. The number of nitrogens with zero attached hydrogens (tertiary/aromatic N) is 3. The van der Waals surface area contributed by atoms with Crippen LogP contribution in [-0.2, 0) is 10.3 Å². The topological polar surface area (TPSA) is 69.3 Å². The van der Waals surface area contributed by atoms with Gasteiger partial charge in [0.15, 0.2) is 0 Å². The van der Waals surface area contributed by atoms with Crippen molar-refractivity contribution in [3.8, 4) is 0 Å². The highest BCUT2D eigenvalue weighted by Gasteiger charge is 2.52. The lowest BCUT2D eigenvalue weighted by atomic mass is 10.0. The number of aromatic amines is 1. The monoisotopic (exact) mass is 362 g/mol. The van der Waals surface area contributed by atoms with Crippen LogP contribution in [0.2, 0.25) is 5.02 Å². The van der Waals surface area contributed by atoms with Crippen molar-refractivity contribution in [1.29, 1.82) is 0 Å². The van der Waals surface area contributed by atoms with Gasteiger partial charge < -0.3 is 9.80 Å². The largest absolute Gasteiger partial charge is 0.358 e. The average Bonchev–Trinajstić information content (AvgIpc) is 3.39. The number of rotatable bonds is 3. The fourth-order valence-corrected chi connectivity index (χ4v) is 3.73. The van der Waals surface area contributed by atoms with Gasteiger partial charge in [0.2, 0.25) is 5.91 Å². The van der Waals surface area contributed by atoms with E-state index in [9.17, 15) is 14.0 Å². The van der Waals surface area contributed by atoms with Crippen LogP contribution in [0.15, 0.2) is 35.3 Å². The van der Waals surface area contributed by atoms with Crippen LogP contribution in [0.1, 0.15) is 18.4 Å². The first kappa shape index (κ1) is 16.1. The molecule has 0 bridgehead atoms. The molecule has 1 aromatic heterocycles. The minimum absolute atomic E-state index is 0.0376. The lowest BCUT2D eigenvalue weighted by Gasteiger charge is -2.40. The van der Waals surface area contributed by atoms with Crippen LogP contribution in [0.25, 0.3) is 0 Å². The van der Waals surface area contributed by atoms with Gasteiger partial charge in [-0.15, -0.1) is 0 Å². The molecule has 1 N–H and O–H groups in total. The molecule has 1 amide bonds. The molecule has 2 fully saturated rings. The standard InChI is InChI=1S/C17H16ClFN4O2/c18-15-13(9-20-21-16(15)25)22-7-8-23(14(24)10-22)17(5-6-17)11-1-3-12(19)4-2-11/h1-4,9H,5-8,10H2,(H,21,25). The van der Waals surface area contributed by atoms with Crippen molar-refractivity contribution in [1.82, 2.24) is 15.1 Å². The number of nitrogens with one attached hydrogen (secondary N) is 1. The number of carbonyl (C=O) groups excluding carboxylic acids is 1. The Labute approximate surface area is 148 Å². The Hall–Kier alpha value is -2.41. The summed E-state index contributed by atoms with van der Waals surface area (Å²) in [6, 6.07) is 6.36. The number of hydrogen-bond acceptors (Lipinski definition) is 4. The van der Waals surface area contributed by atoms with Gasteiger partial charge in [0.25, 0.3) is 5.56 Å². The van der Waals surface area contributed by atoms with Gasteiger partial charge in [0.1, 0.15) is 10.8 Å². The van der Waals surface area contributed by atoms with Gasteiger partial charge in [-0.2, -0.15) is 5.10 Å². The van der Waals surface area contributed by atoms with Crippen LogP contribution in [0, 0.1) is 5.82 Å². The molecule has 2 aliphatic rings. The predicted octanol–water partition coefficient (Wildman–Crippen LogP) is 1.90. The lowest BCUT2D eigenvalue weighted by molar-refractivity contribution is -0.134. The van der Waals surface area contributed by atoms with E-state index in [1.165, 1.54) is 18.3 Å². The highest BCUT2D eigenvalue weighted by atomic mass is 35.5. The number of hydrogen-bond donors (Lipinski definition) is 1. The molecule has 8 heteroatoms. The molecule has 6 nitrogen and oxygen atoms in total. The van der Waals surface area contributed by atoms with Crippen molar-refractivity contribution in [3.05, 3.63) is 57.2 Å². The van der Waals surface area contributed by atoms with Gasteiger partial charge >= 0.3 is 0 Å². The highest BCUT2D eigenvalue weighted by molar-refractivity contribution is 6.33. The smallest absolute Gasteiger partial charge is 0.285 e. The molecule has 0 atom stereocenters. The molecule has 2 aromatic rings. The van der Waals surface area contributed by atoms with Gasteiger partial charge in [0.05, 0.1) is 24.0 Å². The van der Waals surface area contributed by atoms with E-state index in [1.807, 2.05) is 4.90 Å². The highest BCUT2D eigenvalue weighted by Crippen LogP contribution is 2.51. The molecule has 2 heterocycles. The third kappa shape index (κ3) is 2.68. The fraction of sp³-hybridized carbons (Fsp3) is 0.353. The van der Waals surface area contributed by atoms with Crippen molar-refractivity contribution in [2.45, 2.75) is 18.4 Å². The Morgan fingerprint density at radius 3 is 2.52 bits per heavy atom. The number of piperazine rings is 1. The third-order valence-corrected chi connectivity index (χ3v) is 5.33. The van der Waals surface area contributed by atoms with Crippen LogP contribution >= 0.6 is 11.6 Å². The van der Waals surface area contributed by atoms with Crippen molar-refractivity contribution in [2.75, 3.05) is 24.5 Å². The summed E-state index contributed by atoms with van der Waals surface area (Å²) in [6.07, 6.45) is 3.20. The number of aromatic nitrogens is 2. The Morgan fingerprint density at radius 2 is 1.88 bits per heavy atom. The van der Waals surface area contributed by atoms with Gasteiger partial charge in [-0.05, 0) is 30.5 Å². The number of halogens is 2. The van der Waals surface area contributed by atoms with E-state index >= 15 is 0 Å². The van der Waals surface area contributed by atoms with Crippen molar-refractivity contribution >= 4 is 23.2 Å². The van der Waals surface area contributed by atoms with Crippen LogP contribution in [0.4, 0.5) is 10.1 Å². The average molecular weight is 363 g/mol. The van der Waals surface area contributed by atoms with E-state index in [1.54, 1.807) is 17.0 Å². The van der Waals surface area contributed by atoms with Crippen LogP contribution in [0.3, 0.4) is 0 Å². The van der Waals surface area contributed by atoms with Crippen molar-refractivity contribution in [3.63, 3.8) is 0 Å². The first-order valence-corrected chi connectivity index (χ1v) is 8.44. The van der Waals surface area contributed by atoms with E-state index in [4.69, 9.17) is 11.6 Å². The van der Waals surface area contributed by atoms with Crippen molar-refractivity contribution in [2.24, 2.45) is 0 Å². The number of H-pyrrole nitrogens is 1. The third-order valence-electron chi connectivity index (χ3n) is 4.96. The molecule has 0 spiro atoms. The molecule has 25 heavy (non-hydrogen) atoms. The van der Waals surface area contributed by atoms with E-state index in [-0.39, 0.29) is 28.8 Å². The summed E-state index contributed by atoms with van der Waals surface area (Å²) in [6.45, 7) is 1.20. The number of amides is 1. The quantitative estimate of drug-likeness (QED) is 0.905. The maximum Gasteiger partial charge on any atom is 0.285 e. The van der Waals surface area contributed by atoms with Crippen LogP contribution < -0.4 is 10.5 Å². The normalized spacial score (nSPS) is 19.2. The van der Waals surface area contributed by atoms with E-state index in [0.717, 1.165) is 18.4 Å². The second-order valence-electron chi connectivity index (χ2n) is 6.40.